The van der Waals surface area contributed by atoms with Gasteiger partial charge >= 0.3 is 0 Å². The second kappa shape index (κ2) is 5.01. The van der Waals surface area contributed by atoms with Crippen molar-refractivity contribution in [2.75, 3.05) is 0 Å². The van der Waals surface area contributed by atoms with Crippen molar-refractivity contribution in [1.82, 2.24) is 0 Å². The Morgan fingerprint density at radius 1 is 1.33 bits per heavy atom. The third kappa shape index (κ3) is 2.97. The molecule has 78 valence electrons. The molecule has 1 nitrogen and oxygen atoms in total. The minimum atomic E-state index is 0.593. The number of halogens is 2. The van der Waals surface area contributed by atoms with E-state index >= 15 is 0 Å². The Kier molecular flexibility index (Phi) is 3.67. The monoisotopic (exact) mass is 302 g/mol. The molecule has 0 saturated heterocycles. The van der Waals surface area contributed by atoms with Crippen LogP contribution in [0.3, 0.4) is 0 Å². The maximum atomic E-state index is 5.95. The third-order valence-electron chi connectivity index (χ3n) is 1.85. The molecule has 2 aromatic rings. The lowest BCUT2D eigenvalue weighted by Gasteiger charge is -2.05. The molecule has 1 aromatic heterocycles. The fourth-order valence-electron chi connectivity index (χ4n) is 1.12. The van der Waals surface area contributed by atoms with Crippen molar-refractivity contribution in [2.24, 2.45) is 0 Å². The lowest BCUT2D eigenvalue weighted by atomic mass is 10.3. The van der Waals surface area contributed by atoms with E-state index in [2.05, 4.69) is 15.9 Å². The summed E-state index contributed by atoms with van der Waals surface area (Å²) in [7, 11) is 0. The summed E-state index contributed by atoms with van der Waals surface area (Å²) in [5.74, 6) is 0.789. The molecule has 0 bridgehead atoms. The van der Waals surface area contributed by atoms with Crippen molar-refractivity contribution >= 4 is 38.9 Å². The zero-order chi connectivity index (χ0) is 10.7. The zero-order valence-electron chi connectivity index (χ0n) is 7.74. The molecule has 0 fully saturated rings. The van der Waals surface area contributed by atoms with E-state index < -0.39 is 0 Å². The molecule has 4 heteroatoms. The van der Waals surface area contributed by atoms with Crippen LogP contribution in [0.25, 0.3) is 0 Å². The van der Waals surface area contributed by atoms with Crippen LogP contribution in [0.4, 0.5) is 0 Å². The Balaban J connectivity index is 2.02. The van der Waals surface area contributed by atoms with E-state index in [-0.39, 0.29) is 0 Å². The van der Waals surface area contributed by atoms with Crippen molar-refractivity contribution in [2.45, 2.75) is 6.61 Å². The molecule has 0 N–H and O–H groups in total. The fourth-order valence-corrected chi connectivity index (χ4v) is 2.15. The SMILES string of the molecule is Clc1cc(OCc2cccs2)ccc1Br. The first-order chi connectivity index (χ1) is 7.25. The van der Waals surface area contributed by atoms with Gasteiger partial charge in [-0.15, -0.1) is 11.3 Å². The van der Waals surface area contributed by atoms with Crippen molar-refractivity contribution in [3.8, 4) is 5.75 Å². The van der Waals surface area contributed by atoms with Gasteiger partial charge in [-0.2, -0.15) is 0 Å². The molecule has 0 aliphatic rings. The summed E-state index contributed by atoms with van der Waals surface area (Å²) in [4.78, 5) is 1.20. The molecule has 0 atom stereocenters. The first-order valence-electron chi connectivity index (χ1n) is 4.36. The van der Waals surface area contributed by atoms with Gasteiger partial charge in [0, 0.05) is 9.35 Å². The quantitative estimate of drug-likeness (QED) is 0.795. The molecule has 15 heavy (non-hydrogen) atoms. The molecule has 0 saturated carbocycles. The van der Waals surface area contributed by atoms with E-state index in [1.165, 1.54) is 4.88 Å². The van der Waals surface area contributed by atoms with Gasteiger partial charge in [-0.3, -0.25) is 0 Å². The average molecular weight is 304 g/mol. The van der Waals surface area contributed by atoms with Crippen molar-refractivity contribution in [3.63, 3.8) is 0 Å². The van der Waals surface area contributed by atoms with E-state index in [0.29, 0.717) is 11.6 Å². The van der Waals surface area contributed by atoms with Crippen LogP contribution in [0.1, 0.15) is 4.88 Å². The topological polar surface area (TPSA) is 9.23 Å². The largest absolute Gasteiger partial charge is 0.488 e. The van der Waals surface area contributed by atoms with Gasteiger partial charge in [0.1, 0.15) is 12.4 Å². The van der Waals surface area contributed by atoms with Crippen molar-refractivity contribution in [1.29, 1.82) is 0 Å². The number of thiophene rings is 1. The predicted octanol–water partition coefficient (Wildman–Crippen LogP) is 4.74. The molecule has 0 radical (unpaired) electrons. The van der Waals surface area contributed by atoms with Crippen molar-refractivity contribution in [3.05, 3.63) is 50.1 Å². The van der Waals surface area contributed by atoms with E-state index in [0.717, 1.165) is 10.2 Å². The van der Waals surface area contributed by atoms with Crippen LogP contribution in [-0.4, -0.2) is 0 Å². The van der Waals surface area contributed by atoms with Gasteiger partial charge in [-0.25, -0.2) is 0 Å². The summed E-state index contributed by atoms with van der Waals surface area (Å²) in [6, 6.07) is 9.64. The molecule has 2 rings (SSSR count). The lowest BCUT2D eigenvalue weighted by molar-refractivity contribution is 0.310. The van der Waals surface area contributed by atoms with Gasteiger partial charge in [0.25, 0.3) is 0 Å². The highest BCUT2D eigenvalue weighted by Crippen LogP contribution is 2.27. The maximum Gasteiger partial charge on any atom is 0.122 e. The minimum absolute atomic E-state index is 0.593. The number of ether oxygens (including phenoxy) is 1. The molecule has 0 aliphatic carbocycles. The molecule has 0 unspecified atom stereocenters. The van der Waals surface area contributed by atoms with Crippen LogP contribution >= 0.6 is 38.9 Å². The Bertz CT molecular complexity index is 442. The number of rotatable bonds is 3. The summed E-state index contributed by atoms with van der Waals surface area (Å²) in [5.41, 5.74) is 0. The zero-order valence-corrected chi connectivity index (χ0v) is 10.9. The Morgan fingerprint density at radius 3 is 2.87 bits per heavy atom. The van der Waals surface area contributed by atoms with Crippen molar-refractivity contribution < 1.29 is 4.74 Å². The molecular formula is C11H8BrClOS. The highest BCUT2D eigenvalue weighted by Gasteiger charge is 2.00. The number of benzene rings is 1. The van der Waals surface area contributed by atoms with Gasteiger partial charge < -0.3 is 4.74 Å². The van der Waals surface area contributed by atoms with E-state index in [9.17, 15) is 0 Å². The Hall–Kier alpha value is -0.510. The van der Waals surface area contributed by atoms with Crippen LogP contribution in [-0.2, 0) is 6.61 Å². The maximum absolute atomic E-state index is 5.95. The molecule has 1 aromatic carbocycles. The first-order valence-corrected chi connectivity index (χ1v) is 6.41. The van der Waals surface area contributed by atoms with Gasteiger partial charge in [0.15, 0.2) is 0 Å². The number of hydrogen-bond acceptors (Lipinski definition) is 2. The van der Waals surface area contributed by atoms with Crippen LogP contribution < -0.4 is 4.74 Å². The lowest BCUT2D eigenvalue weighted by Crippen LogP contribution is -1.92. The first kappa shape index (κ1) is 11.0. The molecule has 0 spiro atoms. The number of hydrogen-bond donors (Lipinski definition) is 0. The third-order valence-corrected chi connectivity index (χ3v) is 3.93. The van der Waals surface area contributed by atoms with E-state index in [1.54, 1.807) is 17.4 Å². The summed E-state index contributed by atoms with van der Waals surface area (Å²) >= 11 is 11.0. The smallest absolute Gasteiger partial charge is 0.122 e. The second-order valence-electron chi connectivity index (χ2n) is 2.94. The Morgan fingerprint density at radius 2 is 2.20 bits per heavy atom. The Labute approximate surface area is 106 Å². The summed E-state index contributed by atoms with van der Waals surface area (Å²) in [6.07, 6.45) is 0. The normalized spacial score (nSPS) is 10.3. The standard InChI is InChI=1S/C11H8BrClOS/c12-10-4-3-8(6-11(10)13)14-7-9-2-1-5-15-9/h1-6H,7H2. The van der Waals surface area contributed by atoms with Gasteiger partial charge in [0.2, 0.25) is 0 Å². The van der Waals surface area contributed by atoms with Crippen LogP contribution in [0.2, 0.25) is 5.02 Å². The van der Waals surface area contributed by atoms with Gasteiger partial charge in [-0.05, 0) is 45.6 Å². The van der Waals surface area contributed by atoms with Crippen LogP contribution in [0.15, 0.2) is 40.2 Å². The molecular weight excluding hydrogens is 296 g/mol. The van der Waals surface area contributed by atoms with E-state index in [4.69, 9.17) is 16.3 Å². The van der Waals surface area contributed by atoms with Crippen LogP contribution in [0.5, 0.6) is 5.75 Å². The summed E-state index contributed by atoms with van der Waals surface area (Å²) in [5, 5.41) is 2.70. The highest BCUT2D eigenvalue weighted by atomic mass is 79.9. The predicted molar refractivity (Wildman–Crippen MR) is 67.8 cm³/mol. The highest BCUT2D eigenvalue weighted by molar-refractivity contribution is 9.10. The fraction of sp³-hybridized carbons (Fsp3) is 0.0909. The summed E-state index contributed by atoms with van der Waals surface area (Å²) in [6.45, 7) is 0.593. The molecule has 0 aliphatic heterocycles. The second-order valence-corrected chi connectivity index (χ2v) is 5.24. The molecule has 0 amide bonds. The van der Waals surface area contributed by atoms with Gasteiger partial charge in [0.05, 0.1) is 5.02 Å². The average Bonchev–Trinajstić information content (AvgIpc) is 2.73. The van der Waals surface area contributed by atoms with E-state index in [1.807, 2.05) is 29.6 Å². The van der Waals surface area contributed by atoms with Crippen LogP contribution in [0, 0.1) is 0 Å². The minimum Gasteiger partial charge on any atom is -0.488 e. The summed E-state index contributed by atoms with van der Waals surface area (Å²) < 4.78 is 6.47. The van der Waals surface area contributed by atoms with Gasteiger partial charge in [-0.1, -0.05) is 17.7 Å². The molecule has 1 heterocycles.